The van der Waals surface area contributed by atoms with Crippen LogP contribution < -0.4 is 10.6 Å². The molecule has 0 saturated carbocycles. The van der Waals surface area contributed by atoms with Crippen molar-refractivity contribution in [1.29, 1.82) is 0 Å². The molecule has 124 valence electrons. The number of ether oxygens (including phenoxy) is 1. The van der Waals surface area contributed by atoms with Crippen molar-refractivity contribution in [2.45, 2.75) is 52.2 Å². The first-order valence-electron chi connectivity index (χ1n) is 7.63. The average Bonchev–Trinajstić information content (AvgIpc) is 2.42. The number of alkyl carbamates (subject to hydrolysis) is 1. The Balaban J connectivity index is 2.25. The predicted molar refractivity (Wildman–Crippen MR) is 84.1 cm³/mol. The number of halogens is 1. The summed E-state index contributed by atoms with van der Waals surface area (Å²) in [4.78, 5) is 15.6. The molecule has 0 fully saturated rings. The molecule has 1 aromatic heterocycles. The molecule has 2 N–H and O–H groups in total. The van der Waals surface area contributed by atoms with Gasteiger partial charge in [-0.3, -0.25) is 4.98 Å². The monoisotopic (exact) mass is 311 g/mol. The maximum Gasteiger partial charge on any atom is 0.407 e. The number of hydrogen-bond donors (Lipinski definition) is 2. The zero-order chi connectivity index (χ0) is 16.6. The van der Waals surface area contributed by atoms with Gasteiger partial charge in [-0.1, -0.05) is 6.92 Å². The van der Waals surface area contributed by atoms with Gasteiger partial charge in [0.15, 0.2) is 0 Å². The maximum absolute atomic E-state index is 12.9. The van der Waals surface area contributed by atoms with Gasteiger partial charge in [0.2, 0.25) is 0 Å². The molecule has 6 heteroatoms. The molecule has 0 aliphatic carbocycles. The van der Waals surface area contributed by atoms with Crippen LogP contribution in [0.5, 0.6) is 0 Å². The van der Waals surface area contributed by atoms with Gasteiger partial charge < -0.3 is 15.4 Å². The molecule has 0 radical (unpaired) electrons. The lowest BCUT2D eigenvalue weighted by atomic mass is 10.1. The Bertz CT molecular complexity index is 457. The highest BCUT2D eigenvalue weighted by molar-refractivity contribution is 5.67. The number of carbonyl (C=O) groups excluding carboxylic acids is 1. The Morgan fingerprint density at radius 2 is 2.09 bits per heavy atom. The van der Waals surface area contributed by atoms with Crippen molar-refractivity contribution < 1.29 is 13.9 Å². The summed E-state index contributed by atoms with van der Waals surface area (Å²) in [6, 6.07) is 3.19. The molecule has 22 heavy (non-hydrogen) atoms. The second kappa shape index (κ2) is 8.68. The van der Waals surface area contributed by atoms with Crippen LogP contribution in [0, 0.1) is 5.82 Å². The Morgan fingerprint density at radius 3 is 2.64 bits per heavy atom. The fraction of sp³-hybridized carbons (Fsp3) is 0.625. The van der Waals surface area contributed by atoms with Gasteiger partial charge in [0, 0.05) is 12.6 Å². The standard InChI is InChI=1S/C16H26FN3O2/c1-5-13(14-8-7-12(17)11-20-14)18-9-6-10-19-15(21)22-16(2,3)4/h7-8,11,13,18H,5-6,9-10H2,1-4H3,(H,19,21). The van der Waals surface area contributed by atoms with E-state index in [2.05, 4.69) is 15.6 Å². The van der Waals surface area contributed by atoms with Gasteiger partial charge in [-0.05, 0) is 52.3 Å². The summed E-state index contributed by atoms with van der Waals surface area (Å²) in [5, 5.41) is 6.06. The minimum absolute atomic E-state index is 0.0853. The van der Waals surface area contributed by atoms with Gasteiger partial charge in [-0.2, -0.15) is 0 Å². The molecule has 0 aromatic carbocycles. The van der Waals surface area contributed by atoms with Crippen LogP contribution in [0.4, 0.5) is 9.18 Å². The fourth-order valence-electron chi connectivity index (χ4n) is 1.92. The quantitative estimate of drug-likeness (QED) is 0.759. The lowest BCUT2D eigenvalue weighted by Crippen LogP contribution is -2.34. The molecule has 1 rings (SSSR count). The minimum atomic E-state index is -0.482. The first kappa shape index (κ1) is 18.4. The van der Waals surface area contributed by atoms with Crippen LogP contribution in [-0.4, -0.2) is 29.8 Å². The molecule has 1 heterocycles. The molecule has 0 aliphatic heterocycles. The molecule has 1 atom stereocenters. The maximum atomic E-state index is 12.9. The Hall–Kier alpha value is -1.69. The number of nitrogens with zero attached hydrogens (tertiary/aromatic N) is 1. The number of hydrogen-bond acceptors (Lipinski definition) is 4. The molecule has 0 bridgehead atoms. The molecule has 1 amide bonds. The molecule has 1 aromatic rings. The summed E-state index contributed by atoms with van der Waals surface area (Å²) in [6.45, 7) is 8.80. The first-order chi connectivity index (χ1) is 10.3. The number of rotatable bonds is 7. The third-order valence-electron chi connectivity index (χ3n) is 2.93. The lowest BCUT2D eigenvalue weighted by Gasteiger charge is -2.20. The van der Waals surface area contributed by atoms with Gasteiger partial charge in [-0.15, -0.1) is 0 Å². The van der Waals surface area contributed by atoms with Gasteiger partial charge in [0.05, 0.1) is 11.9 Å². The molecule has 1 unspecified atom stereocenters. The van der Waals surface area contributed by atoms with E-state index in [4.69, 9.17) is 4.74 Å². The fourth-order valence-corrected chi connectivity index (χ4v) is 1.92. The van der Waals surface area contributed by atoms with E-state index in [-0.39, 0.29) is 11.9 Å². The smallest absolute Gasteiger partial charge is 0.407 e. The zero-order valence-corrected chi connectivity index (χ0v) is 13.8. The van der Waals surface area contributed by atoms with Crippen molar-refractivity contribution >= 4 is 6.09 Å². The van der Waals surface area contributed by atoms with Crippen LogP contribution >= 0.6 is 0 Å². The number of aromatic nitrogens is 1. The first-order valence-corrected chi connectivity index (χ1v) is 7.63. The molecular weight excluding hydrogens is 285 g/mol. The van der Waals surface area contributed by atoms with E-state index in [9.17, 15) is 9.18 Å². The van der Waals surface area contributed by atoms with E-state index in [0.717, 1.165) is 25.1 Å². The molecular formula is C16H26FN3O2. The largest absolute Gasteiger partial charge is 0.444 e. The SMILES string of the molecule is CCC(NCCCNC(=O)OC(C)(C)C)c1ccc(F)cn1. The number of pyridine rings is 1. The van der Waals surface area contributed by atoms with E-state index in [1.54, 1.807) is 6.07 Å². The van der Waals surface area contributed by atoms with Crippen molar-refractivity contribution in [2.24, 2.45) is 0 Å². The lowest BCUT2D eigenvalue weighted by molar-refractivity contribution is 0.0527. The van der Waals surface area contributed by atoms with Crippen LogP contribution in [0.2, 0.25) is 0 Å². The summed E-state index contributed by atoms with van der Waals surface area (Å²) in [6.07, 6.45) is 2.46. The Labute approximate surface area is 131 Å². The van der Waals surface area contributed by atoms with Gasteiger partial charge in [-0.25, -0.2) is 9.18 Å². The highest BCUT2D eigenvalue weighted by Gasteiger charge is 2.15. The van der Waals surface area contributed by atoms with E-state index in [1.807, 2.05) is 27.7 Å². The van der Waals surface area contributed by atoms with E-state index in [1.165, 1.54) is 12.3 Å². The Kier molecular flexibility index (Phi) is 7.24. The second-order valence-electron chi connectivity index (χ2n) is 6.10. The van der Waals surface area contributed by atoms with Crippen molar-refractivity contribution in [3.8, 4) is 0 Å². The molecule has 5 nitrogen and oxygen atoms in total. The van der Waals surface area contributed by atoms with E-state index in [0.29, 0.717) is 6.54 Å². The summed E-state index contributed by atoms with van der Waals surface area (Å²) < 4.78 is 18.0. The summed E-state index contributed by atoms with van der Waals surface area (Å²) >= 11 is 0. The van der Waals surface area contributed by atoms with Crippen molar-refractivity contribution in [1.82, 2.24) is 15.6 Å². The van der Waals surface area contributed by atoms with Crippen molar-refractivity contribution in [3.05, 3.63) is 29.8 Å². The predicted octanol–water partition coefficient (Wildman–Crippen LogP) is 3.18. The summed E-state index contributed by atoms with van der Waals surface area (Å²) in [5.74, 6) is -0.333. The normalized spacial score (nSPS) is 12.8. The zero-order valence-electron chi connectivity index (χ0n) is 13.8. The van der Waals surface area contributed by atoms with Crippen LogP contribution in [0.3, 0.4) is 0 Å². The number of carbonyl (C=O) groups is 1. The van der Waals surface area contributed by atoms with Gasteiger partial charge >= 0.3 is 6.09 Å². The van der Waals surface area contributed by atoms with Crippen LogP contribution in [0.15, 0.2) is 18.3 Å². The van der Waals surface area contributed by atoms with Crippen LogP contribution in [0.1, 0.15) is 52.3 Å². The topological polar surface area (TPSA) is 63.2 Å². The van der Waals surface area contributed by atoms with Crippen molar-refractivity contribution in [3.63, 3.8) is 0 Å². The average molecular weight is 311 g/mol. The van der Waals surface area contributed by atoms with E-state index >= 15 is 0 Å². The highest BCUT2D eigenvalue weighted by atomic mass is 19.1. The Morgan fingerprint density at radius 1 is 1.36 bits per heavy atom. The third-order valence-corrected chi connectivity index (χ3v) is 2.93. The van der Waals surface area contributed by atoms with E-state index < -0.39 is 11.7 Å². The molecule has 0 spiro atoms. The third kappa shape index (κ3) is 7.36. The van der Waals surface area contributed by atoms with Crippen LogP contribution in [0.25, 0.3) is 0 Å². The minimum Gasteiger partial charge on any atom is -0.444 e. The number of amides is 1. The van der Waals surface area contributed by atoms with Crippen molar-refractivity contribution in [2.75, 3.05) is 13.1 Å². The highest BCUT2D eigenvalue weighted by Crippen LogP contribution is 2.13. The van der Waals surface area contributed by atoms with Gasteiger partial charge in [0.1, 0.15) is 11.4 Å². The second-order valence-corrected chi connectivity index (χ2v) is 6.10. The van der Waals surface area contributed by atoms with Crippen LogP contribution in [-0.2, 0) is 4.74 Å². The molecule has 0 aliphatic rings. The summed E-state index contributed by atoms with van der Waals surface area (Å²) in [5.41, 5.74) is 0.341. The molecule has 0 saturated heterocycles. The summed E-state index contributed by atoms with van der Waals surface area (Å²) in [7, 11) is 0. The number of nitrogens with one attached hydrogen (secondary N) is 2. The van der Waals surface area contributed by atoms with Gasteiger partial charge in [0.25, 0.3) is 0 Å².